The van der Waals surface area contributed by atoms with E-state index in [1.165, 1.54) is 40.4 Å². The summed E-state index contributed by atoms with van der Waals surface area (Å²) >= 11 is 0. The van der Waals surface area contributed by atoms with Gasteiger partial charge in [0, 0.05) is 5.56 Å². The first-order chi connectivity index (χ1) is 14.3. The Morgan fingerprint density at radius 1 is 0.900 bits per heavy atom. The molecule has 0 saturated heterocycles. The average Bonchev–Trinajstić information content (AvgIpc) is 2.76. The van der Waals surface area contributed by atoms with Crippen molar-refractivity contribution in [1.29, 1.82) is 0 Å². The number of hydrogen-bond acceptors (Lipinski definition) is 8. The third kappa shape index (κ3) is 5.40. The van der Waals surface area contributed by atoms with Crippen LogP contribution in [-0.4, -0.2) is 51.7 Å². The zero-order valence-corrected chi connectivity index (χ0v) is 17.1. The second-order valence-electron chi connectivity index (χ2n) is 6.11. The Balaban J connectivity index is 2.20. The Kier molecular flexibility index (Phi) is 7.62. The summed E-state index contributed by atoms with van der Waals surface area (Å²) in [5.41, 5.74) is 5.54. The van der Waals surface area contributed by atoms with E-state index in [1.807, 2.05) is 0 Å². The van der Waals surface area contributed by atoms with Crippen LogP contribution in [0.25, 0.3) is 0 Å². The molecule has 0 spiro atoms. The van der Waals surface area contributed by atoms with Gasteiger partial charge in [-0.25, -0.2) is 4.79 Å². The molecule has 2 aromatic rings. The second-order valence-corrected chi connectivity index (χ2v) is 6.11. The van der Waals surface area contributed by atoms with Crippen LogP contribution in [0.1, 0.15) is 27.6 Å². The maximum absolute atomic E-state index is 12.6. The largest absolute Gasteiger partial charge is 0.497 e. The van der Waals surface area contributed by atoms with Crippen molar-refractivity contribution >= 4 is 17.7 Å². The van der Waals surface area contributed by atoms with Crippen molar-refractivity contribution < 1.29 is 38.1 Å². The molecule has 0 aromatic heterocycles. The normalized spacial score (nSPS) is 11.2. The number of hydrogen-bond donors (Lipinski definition) is 1. The summed E-state index contributed by atoms with van der Waals surface area (Å²) in [6.07, 6.45) is -1.03. The number of Topliss-reactive ketones (excluding diaryl/α,β-unsaturated/α-hetero) is 1. The molecule has 0 aliphatic carbocycles. The van der Waals surface area contributed by atoms with Gasteiger partial charge in [-0.3, -0.25) is 9.59 Å². The number of esters is 1. The number of ether oxygens (including phenoxy) is 5. The van der Waals surface area contributed by atoms with Crippen molar-refractivity contribution in [3.05, 3.63) is 47.5 Å². The van der Waals surface area contributed by atoms with Crippen molar-refractivity contribution in [2.75, 3.05) is 27.9 Å². The van der Waals surface area contributed by atoms with Crippen molar-refractivity contribution in [3.63, 3.8) is 0 Å². The van der Waals surface area contributed by atoms with Crippen LogP contribution < -0.4 is 24.7 Å². The lowest BCUT2D eigenvalue weighted by atomic mass is 10.1. The highest BCUT2D eigenvalue weighted by Crippen LogP contribution is 2.38. The van der Waals surface area contributed by atoms with Crippen molar-refractivity contribution in [2.45, 2.75) is 13.0 Å². The minimum Gasteiger partial charge on any atom is -0.497 e. The molecule has 0 saturated carbocycles. The fourth-order valence-corrected chi connectivity index (χ4v) is 2.56. The van der Waals surface area contributed by atoms with Gasteiger partial charge >= 0.3 is 5.97 Å². The molecule has 0 heterocycles. The molecule has 160 valence electrons. The Morgan fingerprint density at radius 2 is 1.47 bits per heavy atom. The van der Waals surface area contributed by atoms with E-state index in [9.17, 15) is 14.4 Å². The Labute approximate surface area is 173 Å². The van der Waals surface area contributed by atoms with Gasteiger partial charge in [-0.1, -0.05) is 0 Å². The van der Waals surface area contributed by atoms with Gasteiger partial charge in [-0.15, -0.1) is 0 Å². The van der Waals surface area contributed by atoms with Crippen LogP contribution in [0.3, 0.4) is 0 Å². The van der Waals surface area contributed by atoms with Crippen LogP contribution in [0.4, 0.5) is 0 Å². The second kappa shape index (κ2) is 10.1. The summed E-state index contributed by atoms with van der Waals surface area (Å²) < 4.78 is 26.1. The van der Waals surface area contributed by atoms with Gasteiger partial charge < -0.3 is 29.4 Å². The molecule has 2 rings (SSSR count). The highest BCUT2D eigenvalue weighted by Gasteiger charge is 2.23. The van der Waals surface area contributed by atoms with Crippen molar-refractivity contribution in [2.24, 2.45) is 5.73 Å². The lowest BCUT2D eigenvalue weighted by Gasteiger charge is -2.16. The van der Waals surface area contributed by atoms with Gasteiger partial charge in [0.15, 0.2) is 24.2 Å². The highest BCUT2D eigenvalue weighted by molar-refractivity contribution is 6.01. The first-order valence-corrected chi connectivity index (χ1v) is 8.87. The van der Waals surface area contributed by atoms with Crippen LogP contribution in [0, 0.1) is 0 Å². The first-order valence-electron chi connectivity index (χ1n) is 8.87. The summed E-state index contributed by atoms with van der Waals surface area (Å²) in [5.74, 6) is -0.831. The summed E-state index contributed by atoms with van der Waals surface area (Å²) in [6.45, 7) is 1.08. The summed E-state index contributed by atoms with van der Waals surface area (Å²) in [7, 11) is 4.24. The zero-order chi connectivity index (χ0) is 22.3. The van der Waals surface area contributed by atoms with Crippen LogP contribution in [0.5, 0.6) is 23.0 Å². The fraction of sp³-hybridized carbons (Fsp3) is 0.286. The topological polar surface area (TPSA) is 123 Å². The van der Waals surface area contributed by atoms with Gasteiger partial charge in [0.05, 0.1) is 26.9 Å². The van der Waals surface area contributed by atoms with E-state index in [2.05, 4.69) is 0 Å². The molecule has 1 unspecified atom stereocenters. The van der Waals surface area contributed by atoms with Crippen LogP contribution in [-0.2, 0) is 9.53 Å². The molecule has 0 aliphatic rings. The number of methoxy groups -OCH3 is 3. The van der Waals surface area contributed by atoms with Gasteiger partial charge in [0.25, 0.3) is 5.91 Å². The summed E-state index contributed by atoms with van der Waals surface area (Å²) in [6, 6.07) is 9.16. The maximum Gasteiger partial charge on any atom is 0.339 e. The van der Waals surface area contributed by atoms with Gasteiger partial charge in [-0.2, -0.15) is 0 Å². The lowest BCUT2D eigenvalue weighted by Crippen LogP contribution is -2.24. The number of benzene rings is 2. The van der Waals surface area contributed by atoms with Gasteiger partial charge in [0.2, 0.25) is 11.5 Å². The molecule has 2 N–H and O–H groups in total. The molecule has 1 atom stereocenters. The Hall–Kier alpha value is -3.75. The number of primary amides is 1. The SMILES string of the molecule is COc1ccc(C(=O)C(C)OC(=O)c2cc(OC)c(OCC(N)=O)c(OC)c2)cc1. The van der Waals surface area contributed by atoms with Crippen molar-refractivity contribution in [1.82, 2.24) is 0 Å². The number of ketones is 1. The average molecular weight is 417 g/mol. The molecule has 2 aromatic carbocycles. The molecule has 0 fully saturated rings. The summed E-state index contributed by atoms with van der Waals surface area (Å²) in [5, 5.41) is 0. The van der Waals surface area contributed by atoms with E-state index in [0.29, 0.717) is 11.3 Å². The third-order valence-electron chi connectivity index (χ3n) is 4.08. The lowest BCUT2D eigenvalue weighted by molar-refractivity contribution is -0.120. The predicted octanol–water partition coefficient (Wildman–Crippen LogP) is 2.00. The van der Waals surface area contributed by atoms with Gasteiger partial charge in [0.1, 0.15) is 5.75 Å². The molecule has 1 amide bonds. The van der Waals surface area contributed by atoms with E-state index in [-0.39, 0.29) is 28.6 Å². The Bertz CT molecular complexity index is 898. The number of nitrogens with two attached hydrogens (primary N) is 1. The van der Waals surface area contributed by atoms with Crippen LogP contribution in [0.2, 0.25) is 0 Å². The summed E-state index contributed by atoms with van der Waals surface area (Å²) in [4.78, 5) is 36.1. The van der Waals surface area contributed by atoms with E-state index in [0.717, 1.165) is 0 Å². The molecule has 9 nitrogen and oxygen atoms in total. The minimum absolute atomic E-state index is 0.0736. The number of carbonyl (C=O) groups excluding carboxylic acids is 3. The van der Waals surface area contributed by atoms with E-state index < -0.39 is 24.6 Å². The Morgan fingerprint density at radius 3 is 1.93 bits per heavy atom. The fourth-order valence-electron chi connectivity index (χ4n) is 2.56. The van der Waals surface area contributed by atoms with Crippen LogP contribution in [0.15, 0.2) is 36.4 Å². The molecule has 0 radical (unpaired) electrons. The third-order valence-corrected chi connectivity index (χ3v) is 4.08. The monoisotopic (exact) mass is 417 g/mol. The quantitative estimate of drug-likeness (QED) is 0.460. The molecular weight excluding hydrogens is 394 g/mol. The van der Waals surface area contributed by atoms with Crippen molar-refractivity contribution in [3.8, 4) is 23.0 Å². The van der Waals surface area contributed by atoms with E-state index >= 15 is 0 Å². The van der Waals surface area contributed by atoms with E-state index in [1.54, 1.807) is 24.3 Å². The highest BCUT2D eigenvalue weighted by atomic mass is 16.6. The standard InChI is InChI=1S/C21H23NO8/c1-12(19(24)13-5-7-15(26-2)8-6-13)30-21(25)14-9-16(27-3)20(17(10-14)28-4)29-11-18(22)23/h5-10,12H,11H2,1-4H3,(H2,22,23). The van der Waals surface area contributed by atoms with E-state index in [4.69, 9.17) is 29.4 Å². The molecule has 0 bridgehead atoms. The predicted molar refractivity (Wildman–Crippen MR) is 106 cm³/mol. The number of carbonyl (C=O) groups is 3. The zero-order valence-electron chi connectivity index (χ0n) is 17.1. The van der Waals surface area contributed by atoms with Gasteiger partial charge in [-0.05, 0) is 43.3 Å². The molecule has 9 heteroatoms. The van der Waals surface area contributed by atoms with Crippen LogP contribution >= 0.6 is 0 Å². The minimum atomic E-state index is -1.03. The number of rotatable bonds is 10. The number of amides is 1. The molecular formula is C21H23NO8. The maximum atomic E-state index is 12.6. The smallest absolute Gasteiger partial charge is 0.339 e. The molecule has 30 heavy (non-hydrogen) atoms. The first kappa shape index (κ1) is 22.5. The molecule has 0 aliphatic heterocycles.